The highest BCUT2D eigenvalue weighted by Gasteiger charge is 2.12. The fourth-order valence-electron chi connectivity index (χ4n) is 2.59. The average Bonchev–Trinajstić information content (AvgIpc) is 3.06. The van der Waals surface area contributed by atoms with Crippen LogP contribution in [0.25, 0.3) is 11.5 Å². The molecule has 2 heterocycles. The molecule has 0 radical (unpaired) electrons. The Balaban J connectivity index is 1.56. The Kier molecular flexibility index (Phi) is 6.00. The van der Waals surface area contributed by atoms with Gasteiger partial charge in [-0.05, 0) is 43.9 Å². The first-order chi connectivity index (χ1) is 12.8. The van der Waals surface area contributed by atoms with Crippen LogP contribution in [0.15, 0.2) is 53.1 Å². The van der Waals surface area contributed by atoms with Crippen molar-refractivity contribution >= 4 is 0 Å². The average molecular weight is 347 g/mol. The molecule has 0 aliphatic rings. The molecule has 0 amide bonds. The fourth-order valence-corrected chi connectivity index (χ4v) is 2.59. The highest BCUT2D eigenvalue weighted by Crippen LogP contribution is 2.22. The maximum atomic E-state index is 8.55. The van der Waals surface area contributed by atoms with Gasteiger partial charge in [-0.15, -0.1) is 0 Å². The van der Waals surface area contributed by atoms with E-state index in [0.717, 1.165) is 41.8 Å². The zero-order valence-electron chi connectivity index (χ0n) is 14.8. The number of benzene rings is 1. The summed E-state index contributed by atoms with van der Waals surface area (Å²) in [5.41, 5.74) is 2.87. The number of nitrogens with zero attached hydrogens (tertiary/aromatic N) is 3. The van der Waals surface area contributed by atoms with Gasteiger partial charge in [0.25, 0.3) is 0 Å². The Morgan fingerprint density at radius 2 is 1.96 bits per heavy atom. The van der Waals surface area contributed by atoms with Crippen LogP contribution in [-0.2, 0) is 13.0 Å². The van der Waals surface area contributed by atoms with Crippen molar-refractivity contribution in [2.45, 2.75) is 39.2 Å². The van der Waals surface area contributed by atoms with Gasteiger partial charge in [-0.25, -0.2) is 9.97 Å². The molecular formula is C21H21N3O2. The van der Waals surface area contributed by atoms with Crippen LogP contribution in [0.1, 0.15) is 36.3 Å². The van der Waals surface area contributed by atoms with Crippen molar-refractivity contribution in [1.82, 2.24) is 9.97 Å². The number of ether oxygens (including phenoxy) is 1. The molecule has 0 N–H and O–H groups in total. The van der Waals surface area contributed by atoms with Gasteiger partial charge in [0.2, 0.25) is 11.8 Å². The van der Waals surface area contributed by atoms with Crippen LogP contribution in [0.2, 0.25) is 0 Å². The summed E-state index contributed by atoms with van der Waals surface area (Å²) in [6.45, 7) is 2.20. The van der Waals surface area contributed by atoms with Crippen molar-refractivity contribution in [3.63, 3.8) is 0 Å². The van der Waals surface area contributed by atoms with Gasteiger partial charge in [0.05, 0.1) is 6.07 Å². The lowest BCUT2D eigenvalue weighted by Crippen LogP contribution is -1.99. The van der Waals surface area contributed by atoms with E-state index in [1.807, 2.05) is 55.6 Å². The first-order valence-electron chi connectivity index (χ1n) is 8.72. The zero-order chi connectivity index (χ0) is 18.2. The van der Waals surface area contributed by atoms with Crippen molar-refractivity contribution < 1.29 is 9.15 Å². The van der Waals surface area contributed by atoms with E-state index >= 15 is 0 Å². The molecule has 0 unspecified atom stereocenters. The number of hydrogen-bond acceptors (Lipinski definition) is 5. The third kappa shape index (κ3) is 4.70. The summed E-state index contributed by atoms with van der Waals surface area (Å²) < 4.78 is 11.5. The quantitative estimate of drug-likeness (QED) is 0.544. The topological polar surface area (TPSA) is 71.9 Å². The van der Waals surface area contributed by atoms with Gasteiger partial charge in [-0.1, -0.05) is 24.3 Å². The van der Waals surface area contributed by atoms with E-state index < -0.39 is 0 Å². The van der Waals surface area contributed by atoms with Crippen LogP contribution in [0, 0.1) is 18.3 Å². The number of unbranched alkanes of at least 4 members (excludes halogenated alkanes) is 2. The Morgan fingerprint density at radius 3 is 2.69 bits per heavy atom. The van der Waals surface area contributed by atoms with Crippen LogP contribution in [0.5, 0.6) is 5.88 Å². The van der Waals surface area contributed by atoms with Gasteiger partial charge in [0, 0.05) is 24.2 Å². The minimum absolute atomic E-state index is 0.316. The first-order valence-corrected chi connectivity index (χ1v) is 8.72. The lowest BCUT2D eigenvalue weighted by molar-refractivity contribution is 0.287. The van der Waals surface area contributed by atoms with Crippen LogP contribution < -0.4 is 4.74 Å². The molecule has 26 heavy (non-hydrogen) atoms. The second kappa shape index (κ2) is 8.82. The molecule has 3 aromatic rings. The third-order valence-electron chi connectivity index (χ3n) is 4.07. The van der Waals surface area contributed by atoms with Gasteiger partial charge in [-0.3, -0.25) is 0 Å². The number of nitriles is 1. The van der Waals surface area contributed by atoms with Crippen molar-refractivity contribution in [2.75, 3.05) is 0 Å². The molecule has 0 aliphatic heterocycles. The molecule has 0 bridgehead atoms. The van der Waals surface area contributed by atoms with E-state index in [1.165, 1.54) is 0 Å². The third-order valence-corrected chi connectivity index (χ3v) is 4.07. The van der Waals surface area contributed by atoms with Crippen LogP contribution in [0.4, 0.5) is 0 Å². The number of hydrogen-bond donors (Lipinski definition) is 0. The Bertz CT molecular complexity index is 865. The van der Waals surface area contributed by atoms with E-state index in [-0.39, 0.29) is 0 Å². The van der Waals surface area contributed by atoms with Crippen molar-refractivity contribution in [1.29, 1.82) is 5.26 Å². The fraction of sp³-hybridized carbons (Fsp3) is 0.286. The van der Waals surface area contributed by atoms with Crippen molar-refractivity contribution in [3.8, 4) is 23.4 Å². The normalized spacial score (nSPS) is 10.5. The summed E-state index contributed by atoms with van der Waals surface area (Å²) in [6, 6.07) is 15.8. The zero-order valence-corrected chi connectivity index (χ0v) is 14.8. The maximum absolute atomic E-state index is 8.55. The van der Waals surface area contributed by atoms with Gasteiger partial charge < -0.3 is 9.15 Å². The minimum atomic E-state index is 0.316. The molecule has 0 saturated carbocycles. The number of oxazole rings is 1. The number of aromatic nitrogens is 2. The van der Waals surface area contributed by atoms with Crippen LogP contribution in [-0.4, -0.2) is 9.97 Å². The molecule has 0 aliphatic carbocycles. The summed E-state index contributed by atoms with van der Waals surface area (Å²) >= 11 is 0. The summed E-state index contributed by atoms with van der Waals surface area (Å²) in [7, 11) is 0. The predicted octanol–water partition coefficient (Wildman–Crippen LogP) is 4.86. The summed E-state index contributed by atoms with van der Waals surface area (Å²) in [5, 5.41) is 8.55. The molecule has 3 rings (SSSR count). The summed E-state index contributed by atoms with van der Waals surface area (Å²) in [6.07, 6.45) is 5.28. The van der Waals surface area contributed by atoms with Crippen molar-refractivity contribution in [3.05, 3.63) is 65.7 Å². The SMILES string of the molecule is Cc1oc(-c2ccccc2)nc1COc1ccc(CCCCC#N)cn1. The molecule has 1 aromatic carbocycles. The highest BCUT2D eigenvalue weighted by molar-refractivity contribution is 5.53. The van der Waals surface area contributed by atoms with Gasteiger partial charge in [0.1, 0.15) is 18.1 Å². The number of pyridine rings is 1. The standard InChI is InChI=1S/C21H21N3O2/c1-16-19(24-21(26-16)18-9-5-2-6-10-18)15-25-20-12-11-17(14-23-20)8-4-3-7-13-22/h2,5-6,9-12,14H,3-4,7-8,15H2,1H3. The smallest absolute Gasteiger partial charge is 0.226 e. The van der Waals surface area contributed by atoms with Crippen molar-refractivity contribution in [2.24, 2.45) is 0 Å². The molecule has 2 aromatic heterocycles. The van der Waals surface area contributed by atoms with Gasteiger partial charge >= 0.3 is 0 Å². The maximum Gasteiger partial charge on any atom is 0.226 e. The number of rotatable bonds is 8. The second-order valence-electron chi connectivity index (χ2n) is 6.05. The largest absolute Gasteiger partial charge is 0.471 e. The monoisotopic (exact) mass is 347 g/mol. The second-order valence-corrected chi connectivity index (χ2v) is 6.05. The predicted molar refractivity (Wildman–Crippen MR) is 98.4 cm³/mol. The minimum Gasteiger partial charge on any atom is -0.471 e. The highest BCUT2D eigenvalue weighted by atomic mass is 16.5. The molecule has 5 heteroatoms. The number of aryl methyl sites for hydroxylation is 2. The first kappa shape index (κ1) is 17.7. The van der Waals surface area contributed by atoms with Crippen LogP contribution in [0.3, 0.4) is 0 Å². The molecule has 5 nitrogen and oxygen atoms in total. The van der Waals surface area contributed by atoms with Gasteiger partial charge in [0.15, 0.2) is 0 Å². The molecule has 0 spiro atoms. The lowest BCUT2D eigenvalue weighted by Gasteiger charge is -2.05. The molecule has 0 fully saturated rings. The molecular weight excluding hydrogens is 326 g/mol. The lowest BCUT2D eigenvalue weighted by atomic mass is 10.1. The Hall–Kier alpha value is -3.13. The van der Waals surface area contributed by atoms with E-state index in [0.29, 0.717) is 24.8 Å². The Morgan fingerprint density at radius 1 is 1.12 bits per heavy atom. The summed E-state index contributed by atoms with van der Waals surface area (Å²) in [5.74, 6) is 1.91. The summed E-state index contributed by atoms with van der Waals surface area (Å²) in [4.78, 5) is 8.87. The molecule has 0 saturated heterocycles. The van der Waals surface area contributed by atoms with E-state index in [4.69, 9.17) is 14.4 Å². The van der Waals surface area contributed by atoms with Crippen LogP contribution >= 0.6 is 0 Å². The van der Waals surface area contributed by atoms with Gasteiger partial charge in [-0.2, -0.15) is 5.26 Å². The van der Waals surface area contributed by atoms with E-state index in [2.05, 4.69) is 16.0 Å². The van der Waals surface area contributed by atoms with E-state index in [1.54, 1.807) is 0 Å². The van der Waals surface area contributed by atoms with E-state index in [9.17, 15) is 0 Å². The Labute approximate surface area is 153 Å². The molecule has 0 atom stereocenters. The molecule has 132 valence electrons.